The van der Waals surface area contributed by atoms with Gasteiger partial charge < -0.3 is 4.90 Å². The summed E-state index contributed by atoms with van der Waals surface area (Å²) in [6, 6.07) is 7.04. The number of alkyl halides is 3. The zero-order valence-electron chi connectivity index (χ0n) is 12.9. The first kappa shape index (κ1) is 17.2. The van der Waals surface area contributed by atoms with E-state index in [0.29, 0.717) is 11.6 Å². The van der Waals surface area contributed by atoms with Crippen molar-refractivity contribution in [3.63, 3.8) is 0 Å². The van der Waals surface area contributed by atoms with E-state index in [1.807, 2.05) is 0 Å². The molecule has 2 aromatic carbocycles. The van der Waals surface area contributed by atoms with Crippen LogP contribution in [0.15, 0.2) is 42.5 Å². The van der Waals surface area contributed by atoms with Gasteiger partial charge in [0.2, 0.25) is 0 Å². The smallest absolute Gasteiger partial charge is 0.318 e. The second kappa shape index (κ2) is 6.34. The molecule has 1 aliphatic rings. The summed E-state index contributed by atoms with van der Waals surface area (Å²) in [5.74, 6) is -1.62. The average Bonchev–Trinajstić information content (AvgIpc) is 2.88. The first-order chi connectivity index (χ1) is 11.8. The Labute approximate surface area is 140 Å². The van der Waals surface area contributed by atoms with Crippen molar-refractivity contribution in [1.29, 1.82) is 0 Å². The normalized spacial score (nSPS) is 15.2. The molecule has 0 radical (unpaired) electrons. The van der Waals surface area contributed by atoms with Gasteiger partial charge in [-0.1, -0.05) is 12.1 Å². The highest BCUT2D eigenvalue weighted by molar-refractivity contribution is 5.94. The van der Waals surface area contributed by atoms with Crippen LogP contribution in [0.3, 0.4) is 0 Å². The second-order valence-electron chi connectivity index (χ2n) is 5.65. The molecule has 3 rings (SSSR count). The van der Waals surface area contributed by atoms with Crippen LogP contribution in [0.1, 0.15) is 11.1 Å². The van der Waals surface area contributed by atoms with Crippen LogP contribution in [0.5, 0.6) is 0 Å². The summed E-state index contributed by atoms with van der Waals surface area (Å²) in [6.07, 6.45) is -4.46. The van der Waals surface area contributed by atoms with Crippen LogP contribution in [-0.2, 0) is 12.7 Å². The quantitative estimate of drug-likeness (QED) is 0.747. The molecule has 1 fully saturated rings. The van der Waals surface area contributed by atoms with E-state index < -0.39 is 29.4 Å². The number of carbonyl (C=O) groups is 1. The lowest BCUT2D eigenvalue weighted by molar-refractivity contribution is -0.137. The molecular formula is C17H13F5N2O. The predicted molar refractivity (Wildman–Crippen MR) is 81.0 cm³/mol. The van der Waals surface area contributed by atoms with Gasteiger partial charge in [-0.25, -0.2) is 13.6 Å². The summed E-state index contributed by atoms with van der Waals surface area (Å²) in [7, 11) is 0. The lowest BCUT2D eigenvalue weighted by atomic mass is 10.1. The number of benzene rings is 2. The van der Waals surface area contributed by atoms with Gasteiger partial charge in [0.15, 0.2) is 0 Å². The SMILES string of the molecule is O=C1N(Cc2cccc(C(F)(F)F)c2)CCN1c1ccc(F)cc1F. The number of rotatable bonds is 3. The van der Waals surface area contributed by atoms with Crippen LogP contribution < -0.4 is 4.90 Å². The van der Waals surface area contributed by atoms with E-state index in [1.165, 1.54) is 17.0 Å². The molecule has 3 nitrogen and oxygen atoms in total. The van der Waals surface area contributed by atoms with Crippen LogP contribution in [0, 0.1) is 11.6 Å². The Bertz CT molecular complexity index is 806. The Balaban J connectivity index is 1.77. The molecule has 8 heteroatoms. The van der Waals surface area contributed by atoms with Crippen molar-refractivity contribution in [1.82, 2.24) is 4.90 Å². The van der Waals surface area contributed by atoms with Crippen LogP contribution in [0.25, 0.3) is 0 Å². The van der Waals surface area contributed by atoms with Gasteiger partial charge in [0, 0.05) is 25.7 Å². The minimum atomic E-state index is -4.46. The molecule has 0 atom stereocenters. The van der Waals surface area contributed by atoms with Gasteiger partial charge in [0.05, 0.1) is 11.3 Å². The molecule has 1 heterocycles. The molecule has 0 N–H and O–H groups in total. The number of amides is 2. The summed E-state index contributed by atoms with van der Waals surface area (Å²) >= 11 is 0. The predicted octanol–water partition coefficient (Wildman–Crippen LogP) is 4.43. The summed E-state index contributed by atoms with van der Waals surface area (Å²) in [5, 5.41) is 0. The van der Waals surface area contributed by atoms with E-state index in [0.717, 1.165) is 29.2 Å². The van der Waals surface area contributed by atoms with E-state index in [1.54, 1.807) is 0 Å². The van der Waals surface area contributed by atoms with Gasteiger partial charge in [-0.05, 0) is 29.8 Å². The molecule has 2 aromatic rings. The van der Waals surface area contributed by atoms with Gasteiger partial charge in [-0.2, -0.15) is 13.2 Å². The topological polar surface area (TPSA) is 23.6 Å². The minimum absolute atomic E-state index is 0.0257. The van der Waals surface area contributed by atoms with Crippen LogP contribution in [0.2, 0.25) is 0 Å². The highest BCUT2D eigenvalue weighted by Crippen LogP contribution is 2.30. The van der Waals surface area contributed by atoms with Gasteiger partial charge in [0.25, 0.3) is 0 Å². The molecule has 0 unspecified atom stereocenters. The first-order valence-electron chi connectivity index (χ1n) is 7.43. The summed E-state index contributed by atoms with van der Waals surface area (Å²) in [5.41, 5.74) is -0.527. The van der Waals surface area contributed by atoms with E-state index >= 15 is 0 Å². The fourth-order valence-corrected chi connectivity index (χ4v) is 2.72. The van der Waals surface area contributed by atoms with Crippen LogP contribution in [-0.4, -0.2) is 24.0 Å². The van der Waals surface area contributed by atoms with Crippen molar-refractivity contribution >= 4 is 11.7 Å². The highest BCUT2D eigenvalue weighted by atomic mass is 19.4. The molecule has 0 spiro atoms. The van der Waals surface area contributed by atoms with E-state index in [-0.39, 0.29) is 25.3 Å². The Kier molecular flexibility index (Phi) is 4.36. The second-order valence-corrected chi connectivity index (χ2v) is 5.65. The third-order valence-electron chi connectivity index (χ3n) is 3.92. The maximum Gasteiger partial charge on any atom is 0.416 e. The molecule has 25 heavy (non-hydrogen) atoms. The third-order valence-corrected chi connectivity index (χ3v) is 3.92. The number of hydrogen-bond donors (Lipinski definition) is 0. The number of halogens is 5. The lowest BCUT2D eigenvalue weighted by Crippen LogP contribution is -2.32. The Morgan fingerprint density at radius 2 is 1.76 bits per heavy atom. The molecular weight excluding hydrogens is 343 g/mol. The molecule has 0 aromatic heterocycles. The van der Waals surface area contributed by atoms with Crippen molar-refractivity contribution in [3.8, 4) is 0 Å². The van der Waals surface area contributed by atoms with E-state index in [2.05, 4.69) is 0 Å². The monoisotopic (exact) mass is 356 g/mol. The van der Waals surface area contributed by atoms with Crippen molar-refractivity contribution in [3.05, 3.63) is 65.2 Å². The maximum absolute atomic E-state index is 13.8. The largest absolute Gasteiger partial charge is 0.416 e. The number of nitrogens with zero attached hydrogens (tertiary/aromatic N) is 2. The van der Waals surface area contributed by atoms with Gasteiger partial charge in [0.1, 0.15) is 11.6 Å². The summed E-state index contributed by atoms with van der Waals surface area (Å²) in [6.45, 7) is 0.369. The fourth-order valence-electron chi connectivity index (χ4n) is 2.72. The summed E-state index contributed by atoms with van der Waals surface area (Å²) in [4.78, 5) is 14.9. The van der Waals surface area contributed by atoms with E-state index in [4.69, 9.17) is 0 Å². The average molecular weight is 356 g/mol. The minimum Gasteiger partial charge on any atom is -0.318 e. The zero-order chi connectivity index (χ0) is 18.2. The number of hydrogen-bond acceptors (Lipinski definition) is 1. The van der Waals surface area contributed by atoms with Gasteiger partial charge >= 0.3 is 12.2 Å². The molecule has 2 amide bonds. The molecule has 0 saturated carbocycles. The standard InChI is InChI=1S/C17H13F5N2O/c18-13-4-5-15(14(19)9-13)24-7-6-23(16(24)25)10-11-2-1-3-12(8-11)17(20,21)22/h1-5,8-9H,6-7,10H2. The number of urea groups is 1. The van der Waals surface area contributed by atoms with Crippen molar-refractivity contribution in [2.45, 2.75) is 12.7 Å². The Hall–Kier alpha value is -2.64. The molecule has 1 aliphatic heterocycles. The molecule has 0 aliphatic carbocycles. The third kappa shape index (κ3) is 3.57. The Morgan fingerprint density at radius 1 is 1.00 bits per heavy atom. The number of carbonyl (C=O) groups excluding carboxylic acids is 1. The fraction of sp³-hybridized carbons (Fsp3) is 0.235. The van der Waals surface area contributed by atoms with Crippen molar-refractivity contribution in [2.75, 3.05) is 18.0 Å². The zero-order valence-corrected chi connectivity index (χ0v) is 12.9. The maximum atomic E-state index is 13.8. The van der Waals surface area contributed by atoms with Gasteiger partial charge in [-0.15, -0.1) is 0 Å². The van der Waals surface area contributed by atoms with E-state index in [9.17, 15) is 26.7 Å². The van der Waals surface area contributed by atoms with Crippen LogP contribution in [0.4, 0.5) is 32.4 Å². The molecule has 1 saturated heterocycles. The van der Waals surface area contributed by atoms with Crippen LogP contribution >= 0.6 is 0 Å². The Morgan fingerprint density at radius 3 is 2.44 bits per heavy atom. The molecule has 132 valence electrons. The molecule has 0 bridgehead atoms. The van der Waals surface area contributed by atoms with Gasteiger partial charge in [-0.3, -0.25) is 4.90 Å². The summed E-state index contributed by atoms with van der Waals surface area (Å²) < 4.78 is 65.1. The van der Waals surface area contributed by atoms with Crippen molar-refractivity contribution < 1.29 is 26.7 Å². The lowest BCUT2D eigenvalue weighted by Gasteiger charge is -2.19. The first-order valence-corrected chi connectivity index (χ1v) is 7.43. The number of anilines is 1. The highest BCUT2D eigenvalue weighted by Gasteiger charge is 2.33. The van der Waals surface area contributed by atoms with Crippen molar-refractivity contribution in [2.24, 2.45) is 0 Å².